The van der Waals surface area contributed by atoms with Crippen molar-refractivity contribution in [3.63, 3.8) is 0 Å². The molecule has 0 unspecified atom stereocenters. The van der Waals surface area contributed by atoms with Crippen LogP contribution in [0.1, 0.15) is 0 Å². The summed E-state index contributed by atoms with van der Waals surface area (Å²) in [6.45, 7) is 0. The van der Waals surface area contributed by atoms with Gasteiger partial charge in [-0.1, -0.05) is 115 Å². The lowest BCUT2D eigenvalue weighted by Crippen LogP contribution is -2.05. The van der Waals surface area contributed by atoms with E-state index in [1.165, 1.54) is 16.2 Å². The normalized spacial score (nSPS) is 11.8. The van der Waals surface area contributed by atoms with Crippen molar-refractivity contribution in [2.45, 2.75) is 0 Å². The van der Waals surface area contributed by atoms with Crippen LogP contribution in [0.15, 0.2) is 140 Å². The highest BCUT2D eigenvalue weighted by Gasteiger charge is 2.22. The van der Waals surface area contributed by atoms with Crippen LogP contribution in [0.3, 0.4) is 0 Å². The molecule has 9 rings (SSSR count). The smallest absolute Gasteiger partial charge is 0.162 e. The zero-order valence-electron chi connectivity index (χ0n) is 22.5. The Bertz CT molecular complexity index is 2400. The Kier molecular flexibility index (Phi) is 4.83. The van der Waals surface area contributed by atoms with E-state index in [9.17, 15) is 0 Å². The molecule has 0 fully saturated rings. The highest BCUT2D eigenvalue weighted by atomic mass is 15.2. The molecule has 5 nitrogen and oxygen atoms in total. The van der Waals surface area contributed by atoms with E-state index >= 15 is 0 Å². The second-order valence-corrected chi connectivity index (χ2v) is 10.5. The van der Waals surface area contributed by atoms with Crippen LogP contribution in [0.5, 0.6) is 0 Å². The summed E-state index contributed by atoms with van der Waals surface area (Å²) in [6.07, 6.45) is 0. The Balaban J connectivity index is 1.51. The lowest BCUT2D eigenvalue weighted by Gasteiger charge is -2.13. The molecule has 0 aliphatic rings. The van der Waals surface area contributed by atoms with Gasteiger partial charge in [-0.3, -0.25) is 8.97 Å². The number of pyridine rings is 1. The molecule has 0 radical (unpaired) electrons. The monoisotopic (exact) mass is 537 g/mol. The highest BCUT2D eigenvalue weighted by molar-refractivity contribution is 6.23. The lowest BCUT2D eigenvalue weighted by atomic mass is 10.1. The van der Waals surface area contributed by atoms with Gasteiger partial charge >= 0.3 is 0 Å². The predicted octanol–water partition coefficient (Wildman–Crippen LogP) is 8.86. The van der Waals surface area contributed by atoms with Gasteiger partial charge in [0.2, 0.25) is 0 Å². The summed E-state index contributed by atoms with van der Waals surface area (Å²) in [7, 11) is 0. The van der Waals surface area contributed by atoms with Crippen molar-refractivity contribution >= 4 is 49.4 Å². The van der Waals surface area contributed by atoms with E-state index in [4.69, 9.17) is 15.0 Å². The first-order chi connectivity index (χ1) is 20.8. The van der Waals surface area contributed by atoms with E-state index in [0.29, 0.717) is 5.82 Å². The standard InChI is InChI=1S/C37H23N5/c1-3-13-24(14-4-1)30-23-33(40-35(38-30)25-15-5-2-6-16-25)41-31-21-11-9-19-28(31)34-26-17-7-8-18-27(26)36-39-29-20-10-12-22-32(29)42(36)37(34)41/h1-23H. The van der Waals surface area contributed by atoms with Crippen molar-refractivity contribution in [1.29, 1.82) is 0 Å². The Morgan fingerprint density at radius 1 is 0.476 bits per heavy atom. The summed E-state index contributed by atoms with van der Waals surface area (Å²) in [5, 5.41) is 4.65. The van der Waals surface area contributed by atoms with E-state index in [0.717, 1.165) is 55.9 Å². The maximum atomic E-state index is 5.24. The molecule has 0 saturated carbocycles. The molecule has 5 heteroatoms. The minimum Gasteiger partial charge on any atom is -0.279 e. The average Bonchev–Trinajstić information content (AvgIpc) is 3.62. The van der Waals surface area contributed by atoms with Gasteiger partial charge in [-0.2, -0.15) is 0 Å². The number of imidazole rings is 1. The third-order valence-corrected chi connectivity index (χ3v) is 8.10. The Morgan fingerprint density at radius 3 is 1.88 bits per heavy atom. The van der Waals surface area contributed by atoms with Crippen molar-refractivity contribution in [3.05, 3.63) is 140 Å². The molecule has 5 aromatic carbocycles. The minimum atomic E-state index is 0.686. The van der Waals surface area contributed by atoms with Crippen LogP contribution in [-0.4, -0.2) is 23.9 Å². The van der Waals surface area contributed by atoms with Gasteiger partial charge in [-0.05, 0) is 23.6 Å². The minimum absolute atomic E-state index is 0.686. The average molecular weight is 538 g/mol. The second kappa shape index (κ2) is 8.85. The number of para-hydroxylation sites is 3. The van der Waals surface area contributed by atoms with E-state index in [2.05, 4.69) is 106 Å². The predicted molar refractivity (Wildman–Crippen MR) is 171 cm³/mol. The van der Waals surface area contributed by atoms with Crippen molar-refractivity contribution in [3.8, 4) is 28.5 Å². The van der Waals surface area contributed by atoms with Crippen molar-refractivity contribution in [2.24, 2.45) is 0 Å². The van der Waals surface area contributed by atoms with Crippen LogP contribution in [0.4, 0.5) is 0 Å². The molecule has 0 N–H and O–H groups in total. The quantitative estimate of drug-likeness (QED) is 0.226. The zero-order chi connectivity index (χ0) is 27.6. The van der Waals surface area contributed by atoms with E-state index in [1.807, 2.05) is 42.5 Å². The Labute approximate surface area is 241 Å². The zero-order valence-corrected chi connectivity index (χ0v) is 22.5. The molecule has 9 aromatic rings. The van der Waals surface area contributed by atoms with Gasteiger partial charge in [0.15, 0.2) is 5.82 Å². The van der Waals surface area contributed by atoms with Gasteiger partial charge in [0.25, 0.3) is 0 Å². The summed E-state index contributed by atoms with van der Waals surface area (Å²) < 4.78 is 4.60. The number of nitrogens with zero attached hydrogens (tertiary/aromatic N) is 5. The molecule has 0 atom stereocenters. The molecular weight excluding hydrogens is 514 g/mol. The van der Waals surface area contributed by atoms with E-state index in [1.54, 1.807) is 0 Å². The van der Waals surface area contributed by atoms with Gasteiger partial charge in [-0.25, -0.2) is 15.0 Å². The molecule has 0 aliphatic carbocycles. The largest absolute Gasteiger partial charge is 0.279 e. The van der Waals surface area contributed by atoms with E-state index < -0.39 is 0 Å². The van der Waals surface area contributed by atoms with Gasteiger partial charge in [0, 0.05) is 33.4 Å². The van der Waals surface area contributed by atoms with Gasteiger partial charge in [0.1, 0.15) is 17.1 Å². The third-order valence-electron chi connectivity index (χ3n) is 8.10. The first kappa shape index (κ1) is 22.9. The van der Waals surface area contributed by atoms with Crippen LogP contribution in [-0.2, 0) is 0 Å². The van der Waals surface area contributed by atoms with Crippen molar-refractivity contribution < 1.29 is 0 Å². The number of aromatic nitrogens is 5. The van der Waals surface area contributed by atoms with Gasteiger partial charge in [-0.15, -0.1) is 0 Å². The number of fused-ring (bicyclic) bond motifs is 10. The third kappa shape index (κ3) is 3.28. The lowest BCUT2D eigenvalue weighted by molar-refractivity contribution is 1.02. The highest BCUT2D eigenvalue weighted by Crippen LogP contribution is 2.40. The molecule has 0 amide bonds. The first-order valence-corrected chi connectivity index (χ1v) is 14.1. The first-order valence-electron chi connectivity index (χ1n) is 14.1. The summed E-state index contributed by atoms with van der Waals surface area (Å²) in [6, 6.07) is 48.2. The molecule has 0 aliphatic heterocycles. The topological polar surface area (TPSA) is 48.0 Å². The van der Waals surface area contributed by atoms with E-state index in [-0.39, 0.29) is 0 Å². The maximum absolute atomic E-state index is 5.24. The molecular formula is C37H23N5. The number of rotatable bonds is 3. The van der Waals surface area contributed by atoms with Crippen LogP contribution < -0.4 is 0 Å². The molecule has 42 heavy (non-hydrogen) atoms. The summed E-state index contributed by atoms with van der Waals surface area (Å²) in [5.41, 5.74) is 7.97. The van der Waals surface area contributed by atoms with Crippen LogP contribution in [0.25, 0.3) is 77.9 Å². The van der Waals surface area contributed by atoms with Crippen molar-refractivity contribution in [2.75, 3.05) is 0 Å². The summed E-state index contributed by atoms with van der Waals surface area (Å²) in [5.74, 6) is 1.49. The number of benzene rings is 5. The van der Waals surface area contributed by atoms with Crippen LogP contribution >= 0.6 is 0 Å². The van der Waals surface area contributed by atoms with Gasteiger partial charge in [0.05, 0.1) is 22.2 Å². The molecule has 0 spiro atoms. The van der Waals surface area contributed by atoms with Gasteiger partial charge < -0.3 is 0 Å². The fraction of sp³-hybridized carbons (Fsp3) is 0. The Hall–Kier alpha value is -5.81. The molecule has 4 heterocycles. The fourth-order valence-electron chi connectivity index (χ4n) is 6.27. The summed E-state index contributed by atoms with van der Waals surface area (Å²) >= 11 is 0. The molecule has 0 saturated heterocycles. The molecule has 0 bridgehead atoms. The SMILES string of the molecule is c1ccc(-c2cc(-n3c4ccccc4c4c5ccccc5c5nc6ccccc6n5c43)nc(-c3ccccc3)n2)cc1. The number of hydrogen-bond acceptors (Lipinski definition) is 3. The van der Waals surface area contributed by atoms with Crippen LogP contribution in [0, 0.1) is 0 Å². The number of hydrogen-bond donors (Lipinski definition) is 0. The maximum Gasteiger partial charge on any atom is 0.162 e. The van der Waals surface area contributed by atoms with Crippen LogP contribution in [0.2, 0.25) is 0 Å². The van der Waals surface area contributed by atoms with Crippen molar-refractivity contribution in [1.82, 2.24) is 23.9 Å². The summed E-state index contributed by atoms with van der Waals surface area (Å²) in [4.78, 5) is 15.4. The molecule has 4 aromatic heterocycles. The fourth-order valence-corrected chi connectivity index (χ4v) is 6.27. The second-order valence-electron chi connectivity index (χ2n) is 10.5. The molecule has 196 valence electrons. The Morgan fingerprint density at radius 2 is 1.10 bits per heavy atom.